The summed E-state index contributed by atoms with van der Waals surface area (Å²) in [6, 6.07) is 14.8. The highest BCUT2D eigenvalue weighted by atomic mass is 16.5. The molecule has 0 N–H and O–H groups in total. The zero-order valence-electron chi connectivity index (χ0n) is 14.5. The van der Waals surface area contributed by atoms with Crippen LogP contribution < -0.4 is 9.47 Å². The summed E-state index contributed by atoms with van der Waals surface area (Å²) in [6.45, 7) is 1.71. The second-order valence-electron chi connectivity index (χ2n) is 5.56. The largest absolute Gasteiger partial charge is 0.497 e. The maximum atomic E-state index is 11.8. The lowest BCUT2D eigenvalue weighted by molar-refractivity contribution is -0.143. The topological polar surface area (TPSA) is 61.8 Å². The molecule has 5 heteroatoms. The Labute approximate surface area is 147 Å². The fourth-order valence-electron chi connectivity index (χ4n) is 2.28. The minimum absolute atomic E-state index is 0.224. The Morgan fingerprint density at radius 1 is 0.840 bits per heavy atom. The van der Waals surface area contributed by atoms with Crippen molar-refractivity contribution in [2.45, 2.75) is 26.2 Å². The van der Waals surface area contributed by atoms with Crippen LogP contribution in [0.3, 0.4) is 0 Å². The van der Waals surface area contributed by atoms with E-state index in [1.54, 1.807) is 19.2 Å². The van der Waals surface area contributed by atoms with E-state index >= 15 is 0 Å². The van der Waals surface area contributed by atoms with Gasteiger partial charge in [-0.25, -0.2) is 0 Å². The van der Waals surface area contributed by atoms with Crippen molar-refractivity contribution in [3.8, 4) is 11.5 Å². The van der Waals surface area contributed by atoms with E-state index < -0.39 is 0 Å². The van der Waals surface area contributed by atoms with E-state index in [9.17, 15) is 9.59 Å². The van der Waals surface area contributed by atoms with Crippen molar-refractivity contribution in [2.75, 3.05) is 13.7 Å². The van der Waals surface area contributed by atoms with Crippen LogP contribution in [0.25, 0.3) is 0 Å². The van der Waals surface area contributed by atoms with Gasteiger partial charge in [0.05, 0.1) is 13.7 Å². The fourth-order valence-corrected chi connectivity index (χ4v) is 2.28. The van der Waals surface area contributed by atoms with E-state index in [-0.39, 0.29) is 11.9 Å². The molecule has 0 heterocycles. The molecule has 0 aliphatic rings. The van der Waals surface area contributed by atoms with Gasteiger partial charge in [0.1, 0.15) is 11.5 Å². The quantitative estimate of drug-likeness (QED) is 0.544. The Balaban J connectivity index is 1.68. The molecule has 0 saturated carbocycles. The van der Waals surface area contributed by atoms with Crippen molar-refractivity contribution in [1.29, 1.82) is 0 Å². The summed E-state index contributed by atoms with van der Waals surface area (Å²) in [6.07, 6.45) is 1.57. The van der Waals surface area contributed by atoms with Gasteiger partial charge < -0.3 is 14.2 Å². The fraction of sp³-hybridized carbons (Fsp3) is 0.300. The third kappa shape index (κ3) is 6.67. The number of carbonyl (C=O) groups excluding carboxylic acids is 2. The second-order valence-corrected chi connectivity index (χ2v) is 5.56. The van der Waals surface area contributed by atoms with E-state index in [0.29, 0.717) is 31.6 Å². The average molecular weight is 342 g/mol. The lowest BCUT2D eigenvalue weighted by Gasteiger charge is -2.07. The first-order chi connectivity index (χ1) is 12.1. The van der Waals surface area contributed by atoms with Gasteiger partial charge in [0.15, 0.2) is 0 Å². The van der Waals surface area contributed by atoms with Gasteiger partial charge in [-0.05, 0) is 41.8 Å². The Bertz CT molecular complexity index is 689. The van der Waals surface area contributed by atoms with Gasteiger partial charge >= 0.3 is 11.9 Å². The van der Waals surface area contributed by atoms with Crippen LogP contribution >= 0.6 is 0 Å². The number of methoxy groups -OCH3 is 1. The van der Waals surface area contributed by atoms with Crippen LogP contribution in [0.15, 0.2) is 48.5 Å². The minimum atomic E-state index is -0.354. The first kappa shape index (κ1) is 18.5. The van der Waals surface area contributed by atoms with Gasteiger partial charge in [0.2, 0.25) is 0 Å². The summed E-state index contributed by atoms with van der Waals surface area (Å²) < 4.78 is 15.3. The zero-order valence-corrected chi connectivity index (χ0v) is 14.5. The molecule has 0 aromatic heterocycles. The Morgan fingerprint density at radius 3 is 1.96 bits per heavy atom. The molecular weight excluding hydrogens is 320 g/mol. The standard InChI is InChI=1S/C20H22O5/c1-15(21)25-19-10-5-16(6-11-19)7-12-20(22)24-14-13-17-3-8-18(23-2)9-4-17/h3-6,8-11H,7,12-14H2,1-2H3. The summed E-state index contributed by atoms with van der Waals surface area (Å²) >= 11 is 0. The number of aryl methyl sites for hydroxylation is 1. The first-order valence-electron chi connectivity index (χ1n) is 8.13. The summed E-state index contributed by atoms with van der Waals surface area (Å²) in [7, 11) is 1.63. The molecule has 132 valence electrons. The van der Waals surface area contributed by atoms with Crippen LogP contribution in [0.1, 0.15) is 24.5 Å². The Morgan fingerprint density at radius 2 is 1.40 bits per heavy atom. The average Bonchev–Trinajstić information content (AvgIpc) is 2.61. The van der Waals surface area contributed by atoms with Crippen molar-refractivity contribution in [3.05, 3.63) is 59.7 Å². The molecule has 2 aromatic rings. The van der Waals surface area contributed by atoms with Gasteiger partial charge in [-0.1, -0.05) is 24.3 Å². The smallest absolute Gasteiger partial charge is 0.308 e. The van der Waals surface area contributed by atoms with Crippen molar-refractivity contribution < 1.29 is 23.8 Å². The predicted octanol–water partition coefficient (Wildman–Crippen LogP) is 3.34. The van der Waals surface area contributed by atoms with E-state index in [4.69, 9.17) is 14.2 Å². The molecule has 0 unspecified atom stereocenters. The molecular formula is C20H22O5. The molecule has 0 spiro atoms. The van der Waals surface area contributed by atoms with Gasteiger partial charge in [0, 0.05) is 19.8 Å². The molecule has 0 saturated heterocycles. The van der Waals surface area contributed by atoms with Crippen LogP contribution in [0.4, 0.5) is 0 Å². The van der Waals surface area contributed by atoms with Crippen LogP contribution in [-0.4, -0.2) is 25.7 Å². The second kappa shape index (κ2) is 9.47. The number of ether oxygens (including phenoxy) is 3. The van der Waals surface area contributed by atoms with Crippen LogP contribution in [-0.2, 0) is 27.2 Å². The molecule has 0 fully saturated rings. The van der Waals surface area contributed by atoms with Crippen LogP contribution in [0.2, 0.25) is 0 Å². The summed E-state index contributed by atoms with van der Waals surface area (Å²) in [5.74, 6) is 0.726. The van der Waals surface area contributed by atoms with E-state index in [2.05, 4.69) is 0 Å². The molecule has 0 aliphatic heterocycles. The first-order valence-corrected chi connectivity index (χ1v) is 8.13. The number of rotatable bonds is 8. The van der Waals surface area contributed by atoms with Gasteiger partial charge in [-0.3, -0.25) is 9.59 Å². The molecule has 0 amide bonds. The van der Waals surface area contributed by atoms with Crippen LogP contribution in [0, 0.1) is 0 Å². The summed E-state index contributed by atoms with van der Waals surface area (Å²) in [5.41, 5.74) is 2.08. The SMILES string of the molecule is COc1ccc(CCOC(=O)CCc2ccc(OC(C)=O)cc2)cc1. The van der Waals surface area contributed by atoms with E-state index in [1.807, 2.05) is 36.4 Å². The van der Waals surface area contributed by atoms with Crippen molar-refractivity contribution in [1.82, 2.24) is 0 Å². The molecule has 0 aliphatic carbocycles. The zero-order chi connectivity index (χ0) is 18.1. The van der Waals surface area contributed by atoms with Crippen LogP contribution in [0.5, 0.6) is 11.5 Å². The minimum Gasteiger partial charge on any atom is -0.497 e. The number of hydrogen-bond acceptors (Lipinski definition) is 5. The lowest BCUT2D eigenvalue weighted by Crippen LogP contribution is -2.08. The van der Waals surface area contributed by atoms with Crippen molar-refractivity contribution >= 4 is 11.9 Å². The van der Waals surface area contributed by atoms with Gasteiger partial charge in [-0.2, -0.15) is 0 Å². The highest BCUT2D eigenvalue weighted by Gasteiger charge is 2.05. The maximum absolute atomic E-state index is 11.8. The Kier molecular flexibility index (Phi) is 7.01. The highest BCUT2D eigenvalue weighted by molar-refractivity contribution is 5.70. The number of esters is 2. The molecule has 5 nitrogen and oxygen atoms in total. The normalized spacial score (nSPS) is 10.2. The highest BCUT2D eigenvalue weighted by Crippen LogP contribution is 2.14. The molecule has 2 aromatic carbocycles. The monoisotopic (exact) mass is 342 g/mol. The Hall–Kier alpha value is -2.82. The molecule has 0 atom stereocenters. The summed E-state index contributed by atoms with van der Waals surface area (Å²) in [4.78, 5) is 22.7. The van der Waals surface area contributed by atoms with E-state index in [0.717, 1.165) is 16.9 Å². The molecule has 2 rings (SSSR count). The molecule has 0 bridgehead atoms. The summed E-state index contributed by atoms with van der Waals surface area (Å²) in [5, 5.41) is 0. The predicted molar refractivity (Wildman–Crippen MR) is 93.7 cm³/mol. The van der Waals surface area contributed by atoms with Gasteiger partial charge in [-0.15, -0.1) is 0 Å². The lowest BCUT2D eigenvalue weighted by atomic mass is 10.1. The van der Waals surface area contributed by atoms with Crippen molar-refractivity contribution in [3.63, 3.8) is 0 Å². The third-order valence-corrected chi connectivity index (χ3v) is 3.62. The number of benzene rings is 2. The number of carbonyl (C=O) groups is 2. The van der Waals surface area contributed by atoms with Crippen molar-refractivity contribution in [2.24, 2.45) is 0 Å². The third-order valence-electron chi connectivity index (χ3n) is 3.62. The molecule has 0 radical (unpaired) electrons. The van der Waals surface area contributed by atoms with E-state index in [1.165, 1.54) is 6.92 Å². The number of hydrogen-bond donors (Lipinski definition) is 0. The van der Waals surface area contributed by atoms with Gasteiger partial charge in [0.25, 0.3) is 0 Å². The molecule has 25 heavy (non-hydrogen) atoms. The maximum Gasteiger partial charge on any atom is 0.308 e.